The van der Waals surface area contributed by atoms with Crippen molar-refractivity contribution >= 4 is 5.97 Å². The van der Waals surface area contributed by atoms with Crippen molar-refractivity contribution in [2.75, 3.05) is 0 Å². The molecule has 0 amide bonds. The summed E-state index contributed by atoms with van der Waals surface area (Å²) < 4.78 is 5.27. The molecule has 0 saturated heterocycles. The highest BCUT2D eigenvalue weighted by molar-refractivity contribution is 5.78. The van der Waals surface area contributed by atoms with Crippen LogP contribution in [-0.2, 0) is 4.79 Å². The van der Waals surface area contributed by atoms with E-state index in [4.69, 9.17) is 4.74 Å². The van der Waals surface area contributed by atoms with Crippen molar-refractivity contribution < 1.29 is 9.53 Å². The zero-order valence-electron chi connectivity index (χ0n) is 9.13. The fourth-order valence-corrected chi connectivity index (χ4v) is 0.924. The van der Waals surface area contributed by atoms with Crippen molar-refractivity contribution in [3.8, 4) is 5.75 Å². The van der Waals surface area contributed by atoms with Gasteiger partial charge >= 0.3 is 5.97 Å². The minimum atomic E-state index is -0.456. The van der Waals surface area contributed by atoms with Gasteiger partial charge in [0.05, 0.1) is 5.41 Å². The Morgan fingerprint density at radius 1 is 1.21 bits per heavy atom. The van der Waals surface area contributed by atoms with E-state index in [0.717, 1.165) is 5.56 Å². The maximum atomic E-state index is 11.6. The molecule has 0 aliphatic heterocycles. The topological polar surface area (TPSA) is 26.3 Å². The van der Waals surface area contributed by atoms with Crippen molar-refractivity contribution in [1.29, 1.82) is 0 Å². The van der Waals surface area contributed by atoms with Gasteiger partial charge in [-0.15, -0.1) is 0 Å². The van der Waals surface area contributed by atoms with E-state index in [9.17, 15) is 4.79 Å². The van der Waals surface area contributed by atoms with Crippen molar-refractivity contribution in [2.45, 2.75) is 27.7 Å². The van der Waals surface area contributed by atoms with E-state index in [1.54, 1.807) is 6.07 Å². The van der Waals surface area contributed by atoms with Gasteiger partial charge in [-0.3, -0.25) is 4.79 Å². The Hall–Kier alpha value is -1.31. The van der Waals surface area contributed by atoms with E-state index in [2.05, 4.69) is 0 Å². The summed E-state index contributed by atoms with van der Waals surface area (Å²) in [5.41, 5.74) is 0.521. The van der Waals surface area contributed by atoms with E-state index >= 15 is 0 Å². The van der Waals surface area contributed by atoms with Crippen LogP contribution >= 0.6 is 0 Å². The molecule has 0 saturated carbocycles. The van der Waals surface area contributed by atoms with E-state index in [1.807, 2.05) is 45.9 Å². The van der Waals surface area contributed by atoms with E-state index in [0.29, 0.717) is 5.75 Å². The van der Waals surface area contributed by atoms with Crippen LogP contribution in [0, 0.1) is 12.3 Å². The lowest BCUT2D eigenvalue weighted by Gasteiger charge is -2.17. The molecule has 2 nitrogen and oxygen atoms in total. The van der Waals surface area contributed by atoms with E-state index < -0.39 is 5.41 Å². The molecule has 0 N–H and O–H groups in total. The molecule has 0 spiro atoms. The maximum Gasteiger partial charge on any atom is 0.316 e. The molecule has 0 aliphatic carbocycles. The van der Waals surface area contributed by atoms with Gasteiger partial charge in [0.2, 0.25) is 0 Å². The van der Waals surface area contributed by atoms with Crippen LogP contribution < -0.4 is 4.74 Å². The smallest absolute Gasteiger partial charge is 0.316 e. The minimum absolute atomic E-state index is 0.202. The highest BCUT2D eigenvalue weighted by Gasteiger charge is 2.23. The van der Waals surface area contributed by atoms with Crippen LogP contribution in [-0.4, -0.2) is 5.97 Å². The Morgan fingerprint density at radius 3 is 2.29 bits per heavy atom. The van der Waals surface area contributed by atoms with Crippen molar-refractivity contribution in [3.05, 3.63) is 29.8 Å². The summed E-state index contributed by atoms with van der Waals surface area (Å²) in [4.78, 5) is 11.6. The largest absolute Gasteiger partial charge is 0.426 e. The first-order valence-electron chi connectivity index (χ1n) is 4.69. The van der Waals surface area contributed by atoms with Crippen LogP contribution in [0.4, 0.5) is 0 Å². The maximum absolute atomic E-state index is 11.6. The first kappa shape index (κ1) is 10.8. The lowest BCUT2D eigenvalue weighted by molar-refractivity contribution is -0.143. The number of hydrogen-bond donors (Lipinski definition) is 0. The summed E-state index contributed by atoms with van der Waals surface area (Å²) in [7, 11) is 0. The standard InChI is InChI=1S/C12H16O2/c1-9-7-5-6-8-10(9)14-11(13)12(2,3)4/h5-8H,1-4H3. The van der Waals surface area contributed by atoms with Gasteiger partial charge in [-0.2, -0.15) is 0 Å². The molecule has 0 aromatic heterocycles. The predicted molar refractivity (Wildman–Crippen MR) is 56.3 cm³/mol. The van der Waals surface area contributed by atoms with Crippen LogP contribution in [0.2, 0.25) is 0 Å². The second-order valence-corrected chi connectivity index (χ2v) is 4.41. The Kier molecular flexibility index (Phi) is 2.94. The Morgan fingerprint density at radius 2 is 1.79 bits per heavy atom. The van der Waals surface area contributed by atoms with Gasteiger partial charge in [-0.25, -0.2) is 0 Å². The molecular weight excluding hydrogens is 176 g/mol. The molecule has 0 bridgehead atoms. The average molecular weight is 192 g/mol. The van der Waals surface area contributed by atoms with Crippen LogP contribution in [0.3, 0.4) is 0 Å². The molecule has 14 heavy (non-hydrogen) atoms. The van der Waals surface area contributed by atoms with Gasteiger partial charge in [0.1, 0.15) is 5.75 Å². The van der Waals surface area contributed by atoms with Gasteiger partial charge in [-0.1, -0.05) is 18.2 Å². The third-order valence-corrected chi connectivity index (χ3v) is 1.91. The lowest BCUT2D eigenvalue weighted by atomic mass is 9.97. The monoisotopic (exact) mass is 192 g/mol. The van der Waals surface area contributed by atoms with Crippen molar-refractivity contribution in [3.63, 3.8) is 0 Å². The van der Waals surface area contributed by atoms with Gasteiger partial charge in [-0.05, 0) is 39.3 Å². The normalized spacial score (nSPS) is 11.1. The molecule has 0 heterocycles. The Labute approximate surface area is 84.9 Å². The van der Waals surface area contributed by atoms with Crippen molar-refractivity contribution in [2.24, 2.45) is 5.41 Å². The quantitative estimate of drug-likeness (QED) is 0.505. The van der Waals surface area contributed by atoms with Crippen LogP contribution in [0.15, 0.2) is 24.3 Å². The minimum Gasteiger partial charge on any atom is -0.426 e. The van der Waals surface area contributed by atoms with Gasteiger partial charge < -0.3 is 4.74 Å². The molecule has 0 radical (unpaired) electrons. The number of rotatable bonds is 1. The number of carbonyl (C=O) groups excluding carboxylic acids is 1. The Balaban J connectivity index is 2.80. The lowest BCUT2D eigenvalue weighted by Crippen LogP contribution is -2.25. The summed E-state index contributed by atoms with van der Waals surface area (Å²) in [5, 5.41) is 0. The molecule has 0 aliphatic rings. The van der Waals surface area contributed by atoms with Gasteiger partial charge in [0.15, 0.2) is 0 Å². The van der Waals surface area contributed by atoms with Crippen LogP contribution in [0.5, 0.6) is 5.75 Å². The fourth-order valence-electron chi connectivity index (χ4n) is 0.924. The molecule has 0 fully saturated rings. The number of benzene rings is 1. The summed E-state index contributed by atoms with van der Waals surface area (Å²) in [6, 6.07) is 7.51. The molecule has 1 aromatic carbocycles. The predicted octanol–water partition coefficient (Wildman–Crippen LogP) is 2.95. The highest BCUT2D eigenvalue weighted by Crippen LogP contribution is 2.21. The second-order valence-electron chi connectivity index (χ2n) is 4.41. The molecule has 76 valence electrons. The first-order chi connectivity index (χ1) is 6.41. The number of ether oxygens (including phenoxy) is 1. The zero-order valence-corrected chi connectivity index (χ0v) is 9.13. The number of esters is 1. The molecule has 0 unspecified atom stereocenters. The summed E-state index contributed by atoms with van der Waals surface area (Å²) in [6.07, 6.45) is 0. The summed E-state index contributed by atoms with van der Waals surface area (Å²) in [6.45, 7) is 7.44. The average Bonchev–Trinajstić information content (AvgIpc) is 2.07. The third kappa shape index (κ3) is 2.59. The second kappa shape index (κ2) is 3.82. The SMILES string of the molecule is Cc1ccccc1OC(=O)C(C)(C)C. The number of aryl methyl sites for hydroxylation is 1. The van der Waals surface area contributed by atoms with Gasteiger partial charge in [0.25, 0.3) is 0 Å². The summed E-state index contributed by atoms with van der Waals surface area (Å²) in [5.74, 6) is 0.444. The number of para-hydroxylation sites is 1. The highest BCUT2D eigenvalue weighted by atomic mass is 16.5. The Bertz CT molecular complexity index is 334. The molecule has 2 heteroatoms. The molecule has 1 rings (SSSR count). The van der Waals surface area contributed by atoms with Crippen LogP contribution in [0.1, 0.15) is 26.3 Å². The number of carbonyl (C=O) groups is 1. The van der Waals surface area contributed by atoms with Crippen LogP contribution in [0.25, 0.3) is 0 Å². The third-order valence-electron chi connectivity index (χ3n) is 1.91. The molecule has 0 atom stereocenters. The zero-order chi connectivity index (χ0) is 10.8. The molecule has 1 aromatic rings. The first-order valence-corrected chi connectivity index (χ1v) is 4.69. The van der Waals surface area contributed by atoms with E-state index in [1.165, 1.54) is 0 Å². The fraction of sp³-hybridized carbons (Fsp3) is 0.417. The van der Waals surface area contributed by atoms with Crippen molar-refractivity contribution in [1.82, 2.24) is 0 Å². The summed E-state index contributed by atoms with van der Waals surface area (Å²) >= 11 is 0. The molecular formula is C12H16O2. The van der Waals surface area contributed by atoms with Gasteiger partial charge in [0, 0.05) is 0 Å². The van der Waals surface area contributed by atoms with E-state index in [-0.39, 0.29) is 5.97 Å². The number of hydrogen-bond acceptors (Lipinski definition) is 2.